The van der Waals surface area contributed by atoms with Crippen LogP contribution in [0.3, 0.4) is 0 Å². The van der Waals surface area contributed by atoms with E-state index in [1.54, 1.807) is 36.4 Å². The van der Waals surface area contributed by atoms with Crippen molar-refractivity contribution in [2.75, 3.05) is 19.9 Å². The molecule has 1 heterocycles. The zero-order valence-electron chi connectivity index (χ0n) is 14.0. The Balaban J connectivity index is 1.55. The Bertz CT molecular complexity index is 746. The van der Waals surface area contributed by atoms with Gasteiger partial charge in [0.15, 0.2) is 11.5 Å². The number of hydrogen-bond donors (Lipinski definition) is 2. The molecule has 2 N–H and O–H groups in total. The number of para-hydroxylation sites is 1. The number of benzene rings is 2. The Morgan fingerprint density at radius 1 is 1.24 bits per heavy atom. The zero-order valence-corrected chi connectivity index (χ0v) is 14.0. The second kappa shape index (κ2) is 7.90. The minimum Gasteiger partial charge on any atom is -0.493 e. The largest absolute Gasteiger partial charge is 0.493 e. The fraction of sp³-hybridized carbons (Fsp3) is 0.316. The van der Waals surface area contributed by atoms with Crippen LogP contribution < -0.4 is 19.5 Å². The topological polar surface area (TPSA) is 77.0 Å². The monoisotopic (exact) mass is 343 g/mol. The van der Waals surface area contributed by atoms with Crippen molar-refractivity contribution in [2.45, 2.75) is 19.4 Å². The molecule has 3 rings (SSSR count). The highest BCUT2D eigenvalue weighted by molar-refractivity contribution is 5.96. The van der Waals surface area contributed by atoms with Crippen LogP contribution in [0.15, 0.2) is 42.5 Å². The molecule has 0 radical (unpaired) electrons. The lowest BCUT2D eigenvalue weighted by atomic mass is 10.1. The SMILES string of the molecule is CCOc1ccccc1C(=O)NCC[C@@H](O)c1ccc2c(c1)OCO2. The molecule has 132 valence electrons. The molecule has 2 aromatic carbocycles. The Labute approximate surface area is 146 Å². The summed E-state index contributed by atoms with van der Waals surface area (Å²) in [4.78, 5) is 12.3. The van der Waals surface area contributed by atoms with Gasteiger partial charge in [0.05, 0.1) is 18.3 Å². The van der Waals surface area contributed by atoms with E-state index in [0.29, 0.717) is 42.4 Å². The van der Waals surface area contributed by atoms with Gasteiger partial charge in [0, 0.05) is 6.54 Å². The summed E-state index contributed by atoms with van der Waals surface area (Å²) in [5, 5.41) is 13.1. The summed E-state index contributed by atoms with van der Waals surface area (Å²) in [6.07, 6.45) is -0.306. The number of fused-ring (bicyclic) bond motifs is 1. The van der Waals surface area contributed by atoms with Crippen molar-refractivity contribution in [1.29, 1.82) is 0 Å². The molecule has 0 fully saturated rings. The zero-order chi connectivity index (χ0) is 17.6. The van der Waals surface area contributed by atoms with Crippen molar-refractivity contribution >= 4 is 5.91 Å². The lowest BCUT2D eigenvalue weighted by molar-refractivity contribution is 0.0939. The van der Waals surface area contributed by atoms with Crippen LogP contribution in [0.4, 0.5) is 0 Å². The fourth-order valence-electron chi connectivity index (χ4n) is 2.64. The molecule has 0 saturated heterocycles. The van der Waals surface area contributed by atoms with Gasteiger partial charge in [0.2, 0.25) is 6.79 Å². The van der Waals surface area contributed by atoms with Gasteiger partial charge < -0.3 is 24.6 Å². The molecule has 0 bridgehead atoms. The Kier molecular flexibility index (Phi) is 5.40. The van der Waals surface area contributed by atoms with Crippen molar-refractivity contribution in [2.24, 2.45) is 0 Å². The summed E-state index contributed by atoms with van der Waals surface area (Å²) in [6.45, 7) is 2.91. The van der Waals surface area contributed by atoms with Crippen LogP contribution in [0, 0.1) is 0 Å². The van der Waals surface area contributed by atoms with Crippen molar-refractivity contribution in [3.8, 4) is 17.2 Å². The molecule has 0 aliphatic carbocycles. The second-order valence-corrected chi connectivity index (χ2v) is 5.60. The van der Waals surface area contributed by atoms with Gasteiger partial charge in [0.25, 0.3) is 5.91 Å². The number of nitrogens with one attached hydrogen (secondary N) is 1. The van der Waals surface area contributed by atoms with Crippen molar-refractivity contribution in [3.05, 3.63) is 53.6 Å². The molecule has 0 spiro atoms. The van der Waals surface area contributed by atoms with Crippen LogP contribution in [-0.2, 0) is 0 Å². The predicted molar refractivity (Wildman–Crippen MR) is 92.1 cm³/mol. The standard InChI is InChI=1S/C19H21NO5/c1-2-23-16-6-4-3-5-14(16)19(22)20-10-9-15(21)13-7-8-17-18(11-13)25-12-24-17/h3-8,11,15,21H,2,9-10,12H2,1H3,(H,20,22)/t15-/m1/s1. The van der Waals surface area contributed by atoms with Gasteiger partial charge in [-0.3, -0.25) is 4.79 Å². The number of hydrogen-bond acceptors (Lipinski definition) is 5. The highest BCUT2D eigenvalue weighted by Crippen LogP contribution is 2.34. The van der Waals surface area contributed by atoms with Gasteiger partial charge in [-0.25, -0.2) is 0 Å². The minimum atomic E-state index is -0.697. The van der Waals surface area contributed by atoms with E-state index in [9.17, 15) is 9.90 Å². The average molecular weight is 343 g/mol. The first-order valence-corrected chi connectivity index (χ1v) is 8.26. The van der Waals surface area contributed by atoms with Gasteiger partial charge in [-0.2, -0.15) is 0 Å². The molecule has 25 heavy (non-hydrogen) atoms. The van der Waals surface area contributed by atoms with Crippen LogP contribution in [-0.4, -0.2) is 31.0 Å². The highest BCUT2D eigenvalue weighted by atomic mass is 16.7. The number of carbonyl (C=O) groups is 1. The van der Waals surface area contributed by atoms with Crippen molar-refractivity contribution < 1.29 is 24.1 Å². The average Bonchev–Trinajstić information content (AvgIpc) is 3.10. The molecule has 0 aromatic heterocycles. The third kappa shape index (κ3) is 4.03. The number of rotatable bonds is 7. The maximum Gasteiger partial charge on any atom is 0.255 e. The molecular weight excluding hydrogens is 322 g/mol. The first-order chi connectivity index (χ1) is 12.2. The van der Waals surface area contributed by atoms with Gasteiger partial charge in [0.1, 0.15) is 5.75 Å². The fourth-order valence-corrected chi connectivity index (χ4v) is 2.64. The smallest absolute Gasteiger partial charge is 0.255 e. The lowest BCUT2D eigenvalue weighted by Gasteiger charge is -2.13. The predicted octanol–water partition coefficient (Wildman–Crippen LogP) is 2.67. The minimum absolute atomic E-state index is 0.199. The lowest BCUT2D eigenvalue weighted by Crippen LogP contribution is -2.26. The van der Waals surface area contributed by atoms with E-state index in [0.717, 1.165) is 5.56 Å². The number of ether oxygens (including phenoxy) is 3. The number of aliphatic hydroxyl groups excluding tert-OH is 1. The van der Waals surface area contributed by atoms with Gasteiger partial charge in [-0.05, 0) is 43.2 Å². The third-order valence-corrected chi connectivity index (χ3v) is 3.92. The molecule has 1 amide bonds. The molecular formula is C19H21NO5. The number of aliphatic hydroxyl groups is 1. The summed E-state index contributed by atoms with van der Waals surface area (Å²) < 4.78 is 16.0. The maximum atomic E-state index is 12.3. The third-order valence-electron chi connectivity index (χ3n) is 3.92. The van der Waals surface area contributed by atoms with Gasteiger partial charge in [-0.1, -0.05) is 18.2 Å². The van der Waals surface area contributed by atoms with Crippen LogP contribution in [0.2, 0.25) is 0 Å². The van der Waals surface area contributed by atoms with E-state index in [4.69, 9.17) is 14.2 Å². The molecule has 1 aliphatic rings. The van der Waals surface area contributed by atoms with Gasteiger partial charge in [-0.15, -0.1) is 0 Å². The number of carbonyl (C=O) groups excluding carboxylic acids is 1. The first kappa shape index (κ1) is 17.1. The first-order valence-electron chi connectivity index (χ1n) is 8.26. The van der Waals surface area contributed by atoms with E-state index in [-0.39, 0.29) is 12.7 Å². The van der Waals surface area contributed by atoms with Gasteiger partial charge >= 0.3 is 0 Å². The van der Waals surface area contributed by atoms with E-state index in [1.807, 2.05) is 13.0 Å². The molecule has 6 nitrogen and oxygen atoms in total. The Hall–Kier alpha value is -2.73. The van der Waals surface area contributed by atoms with Crippen LogP contribution in [0.25, 0.3) is 0 Å². The summed E-state index contributed by atoms with van der Waals surface area (Å²) in [5.41, 5.74) is 1.22. The maximum absolute atomic E-state index is 12.3. The summed E-state index contributed by atoms with van der Waals surface area (Å²) in [7, 11) is 0. The molecule has 1 aliphatic heterocycles. The normalized spacial score (nSPS) is 13.4. The Morgan fingerprint density at radius 2 is 2.04 bits per heavy atom. The Morgan fingerprint density at radius 3 is 2.88 bits per heavy atom. The molecule has 6 heteroatoms. The van der Waals surface area contributed by atoms with E-state index in [2.05, 4.69) is 5.32 Å². The van der Waals surface area contributed by atoms with Crippen LogP contribution in [0.5, 0.6) is 17.2 Å². The second-order valence-electron chi connectivity index (χ2n) is 5.60. The molecule has 0 unspecified atom stereocenters. The summed E-state index contributed by atoms with van der Waals surface area (Å²) >= 11 is 0. The highest BCUT2D eigenvalue weighted by Gasteiger charge is 2.17. The van der Waals surface area contributed by atoms with E-state index < -0.39 is 6.10 Å². The summed E-state index contributed by atoms with van der Waals surface area (Å²) in [5.74, 6) is 1.64. The van der Waals surface area contributed by atoms with E-state index in [1.165, 1.54) is 0 Å². The van der Waals surface area contributed by atoms with E-state index >= 15 is 0 Å². The van der Waals surface area contributed by atoms with Crippen molar-refractivity contribution in [3.63, 3.8) is 0 Å². The van der Waals surface area contributed by atoms with Crippen LogP contribution >= 0.6 is 0 Å². The summed E-state index contributed by atoms with van der Waals surface area (Å²) in [6, 6.07) is 12.4. The number of amides is 1. The molecule has 2 aromatic rings. The van der Waals surface area contributed by atoms with Crippen LogP contribution in [0.1, 0.15) is 35.4 Å². The quantitative estimate of drug-likeness (QED) is 0.808. The molecule has 1 atom stereocenters. The van der Waals surface area contributed by atoms with Crippen molar-refractivity contribution in [1.82, 2.24) is 5.32 Å². The molecule has 0 saturated carbocycles.